The SMILES string of the molecule is CC/C=C\C/C=C\C/C=C\C/C=C\C=C/C(O)C/C=C\CCC(=O)O[C@H](COC(=O)CCCCCCCCCCCCC)COP(=O)(O)O. The molecule has 0 amide bonds. The van der Waals surface area contributed by atoms with E-state index in [0.717, 1.165) is 44.9 Å². The van der Waals surface area contributed by atoms with Gasteiger partial charge in [0.25, 0.3) is 0 Å². The molecule has 0 aliphatic carbocycles. The standard InChI is InChI=1S/C39H65O9P/c1-3-5-7-9-11-13-15-16-18-19-21-23-26-30-36(40)31-27-25-29-33-39(42)48-37(35-47-49(43,44)45)34-46-38(41)32-28-24-22-20-17-14-12-10-8-6-4-2/h5,7,11,13,16,18,21,23,25-27,30,36-37,40H,3-4,6,8-10,12,14-15,17,19-20,22,24,28-29,31-35H2,1-2H3,(H2,43,44,45)/b7-5-,13-11-,18-16-,23-21-,27-25-,30-26-/t36?,37-/m1/s1. The molecule has 0 radical (unpaired) electrons. The molecule has 0 aliphatic rings. The van der Waals surface area contributed by atoms with Gasteiger partial charge in [-0.25, -0.2) is 4.57 Å². The smallest absolute Gasteiger partial charge is 0.462 e. The van der Waals surface area contributed by atoms with Crippen molar-refractivity contribution in [2.45, 2.75) is 148 Å². The number of hydrogen-bond donors (Lipinski definition) is 3. The van der Waals surface area contributed by atoms with Gasteiger partial charge in [0, 0.05) is 12.8 Å². The highest BCUT2D eigenvalue weighted by atomic mass is 31.2. The van der Waals surface area contributed by atoms with Crippen molar-refractivity contribution in [3.63, 3.8) is 0 Å². The second-order valence-corrected chi connectivity index (χ2v) is 13.3. The number of phosphoric acid groups is 1. The number of aliphatic hydroxyl groups excluding tert-OH is 1. The summed E-state index contributed by atoms with van der Waals surface area (Å²) in [6, 6.07) is 0. The Bertz CT molecular complexity index is 1040. The number of allylic oxidation sites excluding steroid dienone is 10. The molecule has 0 saturated carbocycles. The third-order valence-corrected chi connectivity index (χ3v) is 7.82. The summed E-state index contributed by atoms with van der Waals surface area (Å²) < 4.78 is 26.1. The Morgan fingerprint density at radius 1 is 0.653 bits per heavy atom. The molecule has 10 heteroatoms. The first-order valence-electron chi connectivity index (χ1n) is 18.3. The molecule has 0 spiro atoms. The van der Waals surface area contributed by atoms with Gasteiger partial charge >= 0.3 is 19.8 Å². The molecule has 0 aromatic rings. The third kappa shape index (κ3) is 36.6. The molecule has 0 aromatic carbocycles. The monoisotopic (exact) mass is 708 g/mol. The van der Waals surface area contributed by atoms with Crippen LogP contribution in [0, 0.1) is 0 Å². The zero-order valence-electron chi connectivity index (χ0n) is 30.2. The van der Waals surface area contributed by atoms with Crippen LogP contribution in [0.1, 0.15) is 136 Å². The van der Waals surface area contributed by atoms with E-state index in [1.165, 1.54) is 44.9 Å². The molecule has 49 heavy (non-hydrogen) atoms. The Balaban J connectivity index is 4.25. The van der Waals surface area contributed by atoms with Crippen molar-refractivity contribution in [2.24, 2.45) is 0 Å². The number of phosphoric ester groups is 1. The fourth-order valence-electron chi connectivity index (χ4n) is 4.60. The van der Waals surface area contributed by atoms with Gasteiger partial charge in [-0.2, -0.15) is 0 Å². The third-order valence-electron chi connectivity index (χ3n) is 7.33. The van der Waals surface area contributed by atoms with Crippen LogP contribution in [0.15, 0.2) is 72.9 Å². The van der Waals surface area contributed by atoms with Gasteiger partial charge in [-0.1, -0.05) is 151 Å². The summed E-state index contributed by atoms with van der Waals surface area (Å²) in [5.41, 5.74) is 0. The molecule has 0 rings (SSSR count). The molecule has 9 nitrogen and oxygen atoms in total. The maximum Gasteiger partial charge on any atom is 0.469 e. The van der Waals surface area contributed by atoms with E-state index >= 15 is 0 Å². The highest BCUT2D eigenvalue weighted by molar-refractivity contribution is 7.46. The van der Waals surface area contributed by atoms with Crippen molar-refractivity contribution >= 4 is 19.8 Å². The molecule has 2 atom stereocenters. The first-order chi connectivity index (χ1) is 23.7. The van der Waals surface area contributed by atoms with Crippen LogP contribution in [0.3, 0.4) is 0 Å². The predicted molar refractivity (Wildman–Crippen MR) is 199 cm³/mol. The maximum atomic E-state index is 12.3. The van der Waals surface area contributed by atoms with E-state index in [4.69, 9.17) is 19.3 Å². The van der Waals surface area contributed by atoms with Gasteiger partial charge < -0.3 is 24.4 Å². The van der Waals surface area contributed by atoms with E-state index in [-0.39, 0.29) is 19.4 Å². The van der Waals surface area contributed by atoms with E-state index in [1.54, 1.807) is 24.3 Å². The number of hydrogen-bond acceptors (Lipinski definition) is 7. The fraction of sp³-hybridized carbons (Fsp3) is 0.641. The van der Waals surface area contributed by atoms with Gasteiger partial charge in [0.2, 0.25) is 0 Å². The predicted octanol–water partition coefficient (Wildman–Crippen LogP) is 9.70. The lowest BCUT2D eigenvalue weighted by molar-refractivity contribution is -0.161. The molecule has 0 fully saturated rings. The zero-order valence-corrected chi connectivity index (χ0v) is 31.1. The normalized spacial score (nSPS) is 14.0. The Kier molecular flexibility index (Phi) is 32.2. The molecule has 0 saturated heterocycles. The van der Waals surface area contributed by atoms with E-state index in [0.29, 0.717) is 19.3 Å². The topological polar surface area (TPSA) is 140 Å². The Morgan fingerprint density at radius 2 is 1.22 bits per heavy atom. The lowest BCUT2D eigenvalue weighted by atomic mass is 10.1. The van der Waals surface area contributed by atoms with Gasteiger partial charge in [-0.15, -0.1) is 0 Å². The number of unbranched alkanes of at least 4 members (excludes halogenated alkanes) is 10. The second kappa shape index (κ2) is 33.9. The van der Waals surface area contributed by atoms with Crippen molar-refractivity contribution < 1.29 is 43.0 Å². The van der Waals surface area contributed by atoms with E-state index in [9.17, 15) is 19.3 Å². The van der Waals surface area contributed by atoms with Crippen LogP contribution in [-0.2, 0) is 28.2 Å². The fourth-order valence-corrected chi connectivity index (χ4v) is 4.96. The van der Waals surface area contributed by atoms with Crippen LogP contribution in [0.25, 0.3) is 0 Å². The van der Waals surface area contributed by atoms with Crippen molar-refractivity contribution in [1.29, 1.82) is 0 Å². The lowest BCUT2D eigenvalue weighted by Crippen LogP contribution is -2.29. The number of rotatable bonds is 32. The Hall–Kier alpha value is -2.55. The molecule has 1 unspecified atom stereocenters. The zero-order chi connectivity index (χ0) is 36.3. The average molecular weight is 709 g/mol. The summed E-state index contributed by atoms with van der Waals surface area (Å²) in [5.74, 6) is -1.07. The summed E-state index contributed by atoms with van der Waals surface area (Å²) in [6.07, 6.45) is 39.5. The number of carbonyl (C=O) groups is 2. The second-order valence-electron chi connectivity index (χ2n) is 12.0. The Labute approximate surface area is 296 Å². The van der Waals surface area contributed by atoms with Crippen LogP contribution < -0.4 is 0 Å². The summed E-state index contributed by atoms with van der Waals surface area (Å²) in [7, 11) is -4.80. The minimum absolute atomic E-state index is 0.00346. The van der Waals surface area contributed by atoms with Gasteiger partial charge in [0.1, 0.15) is 6.61 Å². The molecule has 0 aliphatic heterocycles. The number of ether oxygens (including phenoxy) is 2. The molecular formula is C39H65O9P. The quantitative estimate of drug-likeness (QED) is 0.0205. The number of esters is 2. The number of carbonyl (C=O) groups excluding carboxylic acids is 2. The molecule has 3 N–H and O–H groups in total. The minimum Gasteiger partial charge on any atom is -0.462 e. The first-order valence-corrected chi connectivity index (χ1v) is 19.9. The maximum absolute atomic E-state index is 12.3. The van der Waals surface area contributed by atoms with Crippen molar-refractivity contribution in [2.75, 3.05) is 13.2 Å². The van der Waals surface area contributed by atoms with Gasteiger partial charge in [0.15, 0.2) is 6.10 Å². The van der Waals surface area contributed by atoms with Gasteiger partial charge in [-0.3, -0.25) is 14.1 Å². The summed E-state index contributed by atoms with van der Waals surface area (Å²) >= 11 is 0. The molecular weight excluding hydrogens is 643 g/mol. The van der Waals surface area contributed by atoms with Crippen LogP contribution in [0.5, 0.6) is 0 Å². The molecule has 0 bridgehead atoms. The highest BCUT2D eigenvalue weighted by Crippen LogP contribution is 2.35. The van der Waals surface area contributed by atoms with Crippen molar-refractivity contribution in [3.8, 4) is 0 Å². The van der Waals surface area contributed by atoms with E-state index in [2.05, 4.69) is 54.8 Å². The summed E-state index contributed by atoms with van der Waals surface area (Å²) in [6.45, 7) is 3.39. The largest absolute Gasteiger partial charge is 0.469 e. The van der Waals surface area contributed by atoms with Gasteiger partial charge in [-0.05, 0) is 44.9 Å². The van der Waals surface area contributed by atoms with E-state index < -0.39 is 38.6 Å². The van der Waals surface area contributed by atoms with Crippen LogP contribution in [-0.4, -0.2) is 52.3 Å². The molecule has 280 valence electrons. The Morgan fingerprint density at radius 3 is 1.82 bits per heavy atom. The minimum atomic E-state index is -4.80. The van der Waals surface area contributed by atoms with Crippen LogP contribution in [0.2, 0.25) is 0 Å². The first kappa shape index (κ1) is 46.5. The van der Waals surface area contributed by atoms with Crippen molar-refractivity contribution in [1.82, 2.24) is 0 Å². The molecule has 0 heterocycles. The van der Waals surface area contributed by atoms with Crippen LogP contribution >= 0.6 is 7.82 Å². The van der Waals surface area contributed by atoms with Crippen molar-refractivity contribution in [3.05, 3.63) is 72.9 Å². The van der Waals surface area contributed by atoms with Gasteiger partial charge in [0.05, 0.1) is 12.7 Å². The summed E-state index contributed by atoms with van der Waals surface area (Å²) in [4.78, 5) is 42.6. The number of aliphatic hydroxyl groups is 1. The summed E-state index contributed by atoms with van der Waals surface area (Å²) in [5, 5.41) is 10.1. The van der Waals surface area contributed by atoms with Crippen LogP contribution in [0.4, 0.5) is 0 Å². The molecule has 0 aromatic heterocycles. The lowest BCUT2D eigenvalue weighted by Gasteiger charge is -2.18. The average Bonchev–Trinajstić information content (AvgIpc) is 3.06. The highest BCUT2D eigenvalue weighted by Gasteiger charge is 2.22. The van der Waals surface area contributed by atoms with E-state index in [1.807, 2.05) is 12.2 Å².